The maximum Gasteiger partial charge on any atom is 0.410 e. The number of ketones is 1. The molecule has 1 heterocycles. The lowest BCUT2D eigenvalue weighted by molar-refractivity contribution is -0.135. The number of ether oxygens (including phenoxy) is 1. The highest BCUT2D eigenvalue weighted by atomic mass is 16.6. The van der Waals surface area contributed by atoms with Crippen molar-refractivity contribution in [3.05, 3.63) is 35.9 Å². The van der Waals surface area contributed by atoms with Crippen molar-refractivity contribution in [1.82, 2.24) is 4.90 Å². The molecule has 1 saturated heterocycles. The lowest BCUT2D eigenvalue weighted by Crippen LogP contribution is -2.53. The van der Waals surface area contributed by atoms with E-state index in [0.29, 0.717) is 24.8 Å². The van der Waals surface area contributed by atoms with Gasteiger partial charge in [-0.3, -0.25) is 4.79 Å². The molecular weight excluding hydrogens is 302 g/mol. The van der Waals surface area contributed by atoms with E-state index in [4.69, 9.17) is 4.74 Å². The summed E-state index contributed by atoms with van der Waals surface area (Å²) in [5.74, 6) is 0.817. The molecule has 1 aromatic carbocycles. The first-order valence-electron chi connectivity index (χ1n) is 8.87. The lowest BCUT2D eigenvalue weighted by Gasteiger charge is -2.43. The number of nitrogens with zero attached hydrogens (tertiary/aromatic N) is 1. The molecule has 24 heavy (non-hydrogen) atoms. The molecule has 4 heteroatoms. The van der Waals surface area contributed by atoms with E-state index in [2.05, 4.69) is 24.3 Å². The minimum atomic E-state index is -0.497. The van der Waals surface area contributed by atoms with Crippen molar-refractivity contribution in [3.63, 3.8) is 0 Å². The van der Waals surface area contributed by atoms with Gasteiger partial charge in [-0.2, -0.15) is 0 Å². The second kappa shape index (κ2) is 6.58. The van der Waals surface area contributed by atoms with Gasteiger partial charge in [-0.15, -0.1) is 0 Å². The quantitative estimate of drug-likeness (QED) is 0.831. The molecule has 0 spiro atoms. The highest BCUT2D eigenvalue weighted by molar-refractivity contribution is 5.87. The first-order chi connectivity index (χ1) is 11.3. The fourth-order valence-electron chi connectivity index (χ4n) is 3.99. The minimum Gasteiger partial charge on any atom is -0.444 e. The van der Waals surface area contributed by atoms with E-state index in [1.54, 1.807) is 4.90 Å². The van der Waals surface area contributed by atoms with Gasteiger partial charge in [0.25, 0.3) is 0 Å². The average Bonchev–Trinajstić information content (AvgIpc) is 2.47. The maximum atomic E-state index is 12.5. The number of Topliss-reactive ketones (excluding diaryl/α,β-unsaturated/α-hetero) is 1. The van der Waals surface area contributed by atoms with E-state index in [-0.39, 0.29) is 17.9 Å². The zero-order chi connectivity index (χ0) is 17.3. The van der Waals surface area contributed by atoms with Crippen molar-refractivity contribution in [2.24, 2.45) is 17.8 Å². The van der Waals surface area contributed by atoms with E-state index in [1.165, 1.54) is 5.56 Å². The van der Waals surface area contributed by atoms with Gasteiger partial charge in [0, 0.05) is 24.9 Å². The van der Waals surface area contributed by atoms with Gasteiger partial charge in [-0.25, -0.2) is 4.79 Å². The molecule has 130 valence electrons. The molecule has 4 nitrogen and oxygen atoms in total. The largest absolute Gasteiger partial charge is 0.444 e. The summed E-state index contributed by atoms with van der Waals surface area (Å²) in [6.45, 7) is 6.63. The van der Waals surface area contributed by atoms with E-state index < -0.39 is 5.60 Å². The van der Waals surface area contributed by atoms with Crippen molar-refractivity contribution in [2.75, 3.05) is 13.1 Å². The predicted octanol–water partition coefficient (Wildman–Crippen LogP) is 3.69. The van der Waals surface area contributed by atoms with Crippen LogP contribution in [0.1, 0.15) is 39.2 Å². The molecule has 3 rings (SSSR count). The van der Waals surface area contributed by atoms with Crippen LogP contribution in [0.25, 0.3) is 0 Å². The van der Waals surface area contributed by atoms with Crippen molar-refractivity contribution < 1.29 is 14.3 Å². The second-order valence-electron chi connectivity index (χ2n) is 8.21. The van der Waals surface area contributed by atoms with E-state index in [1.807, 2.05) is 26.8 Å². The molecule has 2 fully saturated rings. The van der Waals surface area contributed by atoms with Crippen LogP contribution in [-0.2, 0) is 16.0 Å². The number of carbonyl (C=O) groups excluding carboxylic acids is 2. The average molecular weight is 329 g/mol. The third-order valence-electron chi connectivity index (χ3n) is 4.94. The van der Waals surface area contributed by atoms with Gasteiger partial charge in [0.15, 0.2) is 0 Å². The third kappa shape index (κ3) is 3.97. The third-order valence-corrected chi connectivity index (χ3v) is 4.94. The summed E-state index contributed by atoms with van der Waals surface area (Å²) in [7, 11) is 0. The summed E-state index contributed by atoms with van der Waals surface area (Å²) in [5.41, 5.74) is 0.836. The fourth-order valence-corrected chi connectivity index (χ4v) is 3.99. The van der Waals surface area contributed by atoms with Crippen LogP contribution < -0.4 is 0 Å². The van der Waals surface area contributed by atoms with Gasteiger partial charge in [0.05, 0.1) is 0 Å². The second-order valence-corrected chi connectivity index (χ2v) is 8.21. The first kappa shape index (κ1) is 17.0. The Morgan fingerprint density at radius 3 is 2.25 bits per heavy atom. The van der Waals surface area contributed by atoms with Gasteiger partial charge >= 0.3 is 6.09 Å². The molecule has 0 radical (unpaired) electrons. The van der Waals surface area contributed by atoms with E-state index >= 15 is 0 Å². The van der Waals surface area contributed by atoms with Crippen LogP contribution >= 0.6 is 0 Å². The Balaban J connectivity index is 1.63. The number of fused-ring (bicyclic) bond motifs is 2. The standard InChI is InChI=1S/C20H27NO3/c1-20(2,3)24-19(23)21-12-16-10-15(11-17(13-21)18(16)22)9-14-7-5-4-6-8-14/h4-8,15-17H,9-13H2,1-3H3. The zero-order valence-corrected chi connectivity index (χ0v) is 14.8. The summed E-state index contributed by atoms with van der Waals surface area (Å²) >= 11 is 0. The van der Waals surface area contributed by atoms with Crippen LogP contribution in [0.15, 0.2) is 30.3 Å². The minimum absolute atomic E-state index is 0.0290. The van der Waals surface area contributed by atoms with Crippen molar-refractivity contribution in [3.8, 4) is 0 Å². The topological polar surface area (TPSA) is 46.6 Å². The number of likely N-dealkylation sites (tertiary alicyclic amines) is 1. The number of hydrogen-bond acceptors (Lipinski definition) is 3. The molecular formula is C20H27NO3. The lowest BCUT2D eigenvalue weighted by atomic mass is 9.70. The highest BCUT2D eigenvalue weighted by Crippen LogP contribution is 2.37. The smallest absolute Gasteiger partial charge is 0.410 e. The molecule has 0 aromatic heterocycles. The summed E-state index contributed by atoms with van der Waals surface area (Å²) in [6.07, 6.45) is 2.49. The van der Waals surface area contributed by atoms with Crippen molar-refractivity contribution >= 4 is 11.9 Å². The number of piperidine rings is 1. The molecule has 0 N–H and O–H groups in total. The maximum absolute atomic E-state index is 12.5. The van der Waals surface area contributed by atoms with Gasteiger partial charge < -0.3 is 9.64 Å². The molecule has 1 amide bonds. The van der Waals surface area contributed by atoms with Crippen LogP contribution in [0.2, 0.25) is 0 Å². The van der Waals surface area contributed by atoms with E-state index in [0.717, 1.165) is 19.3 Å². The Kier molecular flexibility index (Phi) is 4.66. The van der Waals surface area contributed by atoms with Crippen LogP contribution in [0.4, 0.5) is 4.79 Å². The van der Waals surface area contributed by atoms with Crippen LogP contribution in [0.5, 0.6) is 0 Å². The van der Waals surface area contributed by atoms with Gasteiger partial charge in [-0.05, 0) is 51.5 Å². The molecule has 2 unspecified atom stereocenters. The number of hydrogen-bond donors (Lipinski definition) is 0. The highest BCUT2D eigenvalue weighted by Gasteiger charge is 2.43. The Morgan fingerprint density at radius 1 is 1.12 bits per heavy atom. The number of rotatable bonds is 2. The molecule has 1 aliphatic heterocycles. The van der Waals surface area contributed by atoms with Crippen molar-refractivity contribution in [1.29, 1.82) is 0 Å². The molecule has 1 saturated carbocycles. The number of amides is 1. The van der Waals surface area contributed by atoms with Crippen LogP contribution in [0.3, 0.4) is 0 Å². The molecule has 1 aromatic rings. The van der Waals surface area contributed by atoms with Crippen molar-refractivity contribution in [2.45, 2.75) is 45.6 Å². The van der Waals surface area contributed by atoms with Gasteiger partial charge in [0.2, 0.25) is 0 Å². The first-order valence-corrected chi connectivity index (χ1v) is 8.87. The summed E-state index contributed by atoms with van der Waals surface area (Å²) in [4.78, 5) is 26.5. The van der Waals surface area contributed by atoms with E-state index in [9.17, 15) is 9.59 Å². The monoisotopic (exact) mass is 329 g/mol. The molecule has 1 aliphatic carbocycles. The summed E-state index contributed by atoms with van der Waals surface area (Å²) in [6, 6.07) is 10.5. The zero-order valence-electron chi connectivity index (χ0n) is 14.8. The summed E-state index contributed by atoms with van der Waals surface area (Å²) in [5, 5.41) is 0. The number of carbonyl (C=O) groups is 2. The SMILES string of the molecule is CC(C)(C)OC(=O)N1CC2CC(Cc3ccccc3)CC(C1)C2=O. The molecule has 2 atom stereocenters. The predicted molar refractivity (Wildman–Crippen MR) is 92.7 cm³/mol. The Labute approximate surface area is 144 Å². The number of benzene rings is 1. The van der Waals surface area contributed by atoms with Gasteiger partial charge in [0.1, 0.15) is 11.4 Å². The molecule has 2 bridgehead atoms. The van der Waals surface area contributed by atoms with Gasteiger partial charge in [-0.1, -0.05) is 30.3 Å². The summed E-state index contributed by atoms with van der Waals surface area (Å²) < 4.78 is 5.48. The Bertz CT molecular complexity index is 587. The van der Waals surface area contributed by atoms with Crippen LogP contribution in [-0.4, -0.2) is 35.5 Å². The Morgan fingerprint density at radius 2 is 1.71 bits per heavy atom. The van der Waals surface area contributed by atoms with Crippen LogP contribution in [0, 0.1) is 17.8 Å². The normalized spacial score (nSPS) is 27.0. The Hall–Kier alpha value is -1.84. The fraction of sp³-hybridized carbons (Fsp3) is 0.600. The molecule has 2 aliphatic rings.